The summed E-state index contributed by atoms with van der Waals surface area (Å²) in [4.78, 5) is 27.7. The highest BCUT2D eigenvalue weighted by Gasteiger charge is 2.22. The molecule has 166 valence electrons. The van der Waals surface area contributed by atoms with Crippen LogP contribution >= 0.6 is 0 Å². The van der Waals surface area contributed by atoms with E-state index < -0.39 is 0 Å². The van der Waals surface area contributed by atoms with E-state index in [1.54, 1.807) is 24.5 Å². The topological polar surface area (TPSA) is 68.2 Å². The fourth-order valence-electron chi connectivity index (χ4n) is 4.56. The number of benzene rings is 2. The highest BCUT2D eigenvalue weighted by molar-refractivity contribution is 5.94. The number of carbonyl (C=O) groups excluding carboxylic acids is 1. The summed E-state index contributed by atoms with van der Waals surface area (Å²) < 4.78 is 5.70. The molecule has 0 N–H and O–H groups in total. The molecular weight excluding hydrogens is 412 g/mol. The SMILES string of the molecule is O=C(c1cccc(Oc2ncccn2)c1)N1CCC[C@H](Cc2cccc3ccncc23)CC1. The van der Waals surface area contributed by atoms with Gasteiger partial charge in [0, 0.05) is 48.8 Å². The smallest absolute Gasteiger partial charge is 0.321 e. The molecule has 0 spiro atoms. The first-order valence-electron chi connectivity index (χ1n) is 11.4. The van der Waals surface area contributed by atoms with E-state index in [0.29, 0.717) is 17.2 Å². The van der Waals surface area contributed by atoms with Crippen molar-refractivity contribution in [2.45, 2.75) is 25.7 Å². The Hall–Kier alpha value is -3.80. The Morgan fingerprint density at radius 2 is 1.85 bits per heavy atom. The molecule has 0 radical (unpaired) electrons. The van der Waals surface area contributed by atoms with Crippen molar-refractivity contribution in [3.8, 4) is 11.8 Å². The maximum Gasteiger partial charge on any atom is 0.321 e. The number of aromatic nitrogens is 3. The number of ether oxygens (including phenoxy) is 1. The molecule has 5 rings (SSSR count). The molecule has 1 aliphatic rings. The molecule has 4 aromatic rings. The minimum atomic E-state index is 0.0458. The maximum atomic E-state index is 13.2. The second-order valence-electron chi connectivity index (χ2n) is 8.47. The Labute approximate surface area is 193 Å². The van der Waals surface area contributed by atoms with Gasteiger partial charge in [0.2, 0.25) is 0 Å². The Kier molecular flexibility index (Phi) is 6.24. The van der Waals surface area contributed by atoms with Crippen LogP contribution in [-0.2, 0) is 6.42 Å². The molecular formula is C27H26N4O2. The standard InChI is InChI=1S/C27H26N4O2/c32-26(23-8-2-9-24(18-23)33-27-29-12-4-13-30-27)31-15-3-5-20(11-16-31)17-22-7-1-6-21-10-14-28-19-25(21)22/h1-2,4,6-10,12-14,18-20H,3,5,11,15-17H2/t20-/m0/s1. The van der Waals surface area contributed by atoms with Crippen molar-refractivity contribution in [2.75, 3.05) is 13.1 Å². The monoisotopic (exact) mass is 438 g/mol. The minimum Gasteiger partial charge on any atom is -0.424 e. The number of pyridine rings is 1. The van der Waals surface area contributed by atoms with Gasteiger partial charge < -0.3 is 9.64 Å². The van der Waals surface area contributed by atoms with Gasteiger partial charge in [0.15, 0.2) is 0 Å². The summed E-state index contributed by atoms with van der Waals surface area (Å²) in [6.07, 6.45) is 11.2. The zero-order valence-electron chi connectivity index (χ0n) is 18.4. The molecule has 1 fully saturated rings. The summed E-state index contributed by atoms with van der Waals surface area (Å²) in [7, 11) is 0. The van der Waals surface area contributed by atoms with E-state index >= 15 is 0 Å². The third-order valence-electron chi connectivity index (χ3n) is 6.25. The first kappa shape index (κ1) is 21.1. The summed E-state index contributed by atoms with van der Waals surface area (Å²) in [5, 5.41) is 2.47. The quantitative estimate of drug-likeness (QED) is 0.423. The number of fused-ring (bicyclic) bond motifs is 1. The van der Waals surface area contributed by atoms with Gasteiger partial charge in [-0.1, -0.05) is 24.3 Å². The lowest BCUT2D eigenvalue weighted by Crippen LogP contribution is -2.32. The Bertz CT molecular complexity index is 1240. The molecule has 6 nitrogen and oxygen atoms in total. The summed E-state index contributed by atoms with van der Waals surface area (Å²) in [5.74, 6) is 1.16. The van der Waals surface area contributed by atoms with Crippen LogP contribution in [0.4, 0.5) is 0 Å². The number of hydrogen-bond donors (Lipinski definition) is 0. The molecule has 2 aromatic heterocycles. The normalized spacial score (nSPS) is 16.4. The van der Waals surface area contributed by atoms with Gasteiger partial charge in [-0.2, -0.15) is 0 Å². The molecule has 1 atom stereocenters. The highest BCUT2D eigenvalue weighted by atomic mass is 16.5. The lowest BCUT2D eigenvalue weighted by molar-refractivity contribution is 0.0759. The molecule has 1 amide bonds. The summed E-state index contributed by atoms with van der Waals surface area (Å²) >= 11 is 0. The molecule has 0 aliphatic carbocycles. The predicted molar refractivity (Wildman–Crippen MR) is 127 cm³/mol. The maximum absolute atomic E-state index is 13.2. The fourth-order valence-corrected chi connectivity index (χ4v) is 4.56. The summed E-state index contributed by atoms with van der Waals surface area (Å²) in [6.45, 7) is 1.54. The number of carbonyl (C=O) groups is 1. The largest absolute Gasteiger partial charge is 0.424 e. The number of hydrogen-bond acceptors (Lipinski definition) is 5. The van der Waals surface area contributed by atoms with Gasteiger partial charge in [0.25, 0.3) is 5.91 Å². The molecule has 1 saturated heterocycles. The number of likely N-dealkylation sites (tertiary alicyclic amines) is 1. The second kappa shape index (κ2) is 9.77. The molecule has 33 heavy (non-hydrogen) atoms. The van der Waals surface area contributed by atoms with Crippen molar-refractivity contribution in [1.29, 1.82) is 0 Å². The molecule has 0 unspecified atom stereocenters. The second-order valence-corrected chi connectivity index (χ2v) is 8.47. The van der Waals surface area contributed by atoms with Gasteiger partial charge in [0.1, 0.15) is 5.75 Å². The van der Waals surface area contributed by atoms with Crippen molar-refractivity contribution >= 4 is 16.7 Å². The molecule has 6 heteroatoms. The van der Waals surface area contributed by atoms with Crippen molar-refractivity contribution in [1.82, 2.24) is 19.9 Å². The van der Waals surface area contributed by atoms with Crippen LogP contribution in [0.5, 0.6) is 11.8 Å². The van der Waals surface area contributed by atoms with Crippen LogP contribution in [0.25, 0.3) is 10.8 Å². The van der Waals surface area contributed by atoms with Crippen molar-refractivity contribution in [3.05, 3.63) is 90.5 Å². The predicted octanol–water partition coefficient (Wildman–Crippen LogP) is 5.30. The van der Waals surface area contributed by atoms with Gasteiger partial charge in [0.05, 0.1) is 0 Å². The van der Waals surface area contributed by atoms with Gasteiger partial charge in [-0.15, -0.1) is 0 Å². The first-order valence-corrected chi connectivity index (χ1v) is 11.4. The minimum absolute atomic E-state index is 0.0458. The van der Waals surface area contributed by atoms with E-state index in [1.807, 2.05) is 35.5 Å². The third kappa shape index (κ3) is 5.00. The van der Waals surface area contributed by atoms with E-state index in [0.717, 1.165) is 38.8 Å². The molecule has 0 bridgehead atoms. The zero-order chi connectivity index (χ0) is 22.5. The number of amides is 1. The van der Waals surface area contributed by atoms with Crippen molar-refractivity contribution < 1.29 is 9.53 Å². The lowest BCUT2D eigenvalue weighted by Gasteiger charge is -2.21. The van der Waals surface area contributed by atoms with E-state index in [9.17, 15) is 4.79 Å². The van der Waals surface area contributed by atoms with Crippen LogP contribution in [-0.4, -0.2) is 38.8 Å². The fraction of sp³-hybridized carbons (Fsp3) is 0.259. The molecule has 3 heterocycles. The van der Waals surface area contributed by atoms with Crippen LogP contribution < -0.4 is 4.74 Å². The van der Waals surface area contributed by atoms with E-state index in [4.69, 9.17) is 4.74 Å². The van der Waals surface area contributed by atoms with Gasteiger partial charge in [-0.05, 0) is 72.9 Å². The van der Waals surface area contributed by atoms with Crippen LogP contribution in [0.3, 0.4) is 0 Å². The summed E-state index contributed by atoms with van der Waals surface area (Å²) in [5.41, 5.74) is 1.97. The molecule has 1 aliphatic heterocycles. The summed E-state index contributed by atoms with van der Waals surface area (Å²) in [6, 6.07) is 17.8. The highest BCUT2D eigenvalue weighted by Crippen LogP contribution is 2.27. The van der Waals surface area contributed by atoms with Gasteiger partial charge in [-0.3, -0.25) is 9.78 Å². The number of rotatable bonds is 5. The van der Waals surface area contributed by atoms with Gasteiger partial charge >= 0.3 is 6.01 Å². The van der Waals surface area contributed by atoms with E-state index in [-0.39, 0.29) is 11.9 Å². The lowest BCUT2D eigenvalue weighted by atomic mass is 9.91. The van der Waals surface area contributed by atoms with Crippen LogP contribution in [0.1, 0.15) is 35.2 Å². The first-order chi connectivity index (χ1) is 16.3. The average molecular weight is 439 g/mol. The van der Waals surface area contributed by atoms with Crippen LogP contribution in [0.2, 0.25) is 0 Å². The molecule has 0 saturated carbocycles. The Morgan fingerprint density at radius 3 is 2.76 bits per heavy atom. The number of nitrogens with zero attached hydrogens (tertiary/aromatic N) is 4. The molecule has 2 aromatic carbocycles. The zero-order valence-corrected chi connectivity index (χ0v) is 18.4. The Morgan fingerprint density at radius 1 is 0.970 bits per heavy atom. The van der Waals surface area contributed by atoms with E-state index in [1.165, 1.54) is 16.3 Å². The van der Waals surface area contributed by atoms with Gasteiger partial charge in [-0.25, -0.2) is 9.97 Å². The van der Waals surface area contributed by atoms with Crippen molar-refractivity contribution in [2.24, 2.45) is 5.92 Å². The third-order valence-corrected chi connectivity index (χ3v) is 6.25. The van der Waals surface area contributed by atoms with Crippen LogP contribution in [0, 0.1) is 5.92 Å². The van der Waals surface area contributed by atoms with Crippen molar-refractivity contribution in [3.63, 3.8) is 0 Å². The average Bonchev–Trinajstić information content (AvgIpc) is 3.10. The van der Waals surface area contributed by atoms with E-state index in [2.05, 4.69) is 39.2 Å². The Balaban J connectivity index is 1.24. The van der Waals surface area contributed by atoms with Crippen LogP contribution in [0.15, 0.2) is 79.4 Å².